The third-order valence-electron chi connectivity index (χ3n) is 3.44. The third kappa shape index (κ3) is 4.53. The van der Waals surface area contributed by atoms with Crippen LogP contribution in [0.3, 0.4) is 0 Å². The first-order valence-corrected chi connectivity index (χ1v) is 10.4. The smallest absolute Gasteiger partial charge is 0.250 e. The highest BCUT2D eigenvalue weighted by atomic mass is 79.9. The van der Waals surface area contributed by atoms with Gasteiger partial charge in [-0.15, -0.1) is 0 Å². The van der Waals surface area contributed by atoms with Gasteiger partial charge in [0.1, 0.15) is 5.75 Å². The molecule has 4 heteroatoms. The predicted octanol–water partition coefficient (Wildman–Crippen LogP) is 5.62. The van der Waals surface area contributed by atoms with Gasteiger partial charge in [-0.3, -0.25) is 0 Å². The lowest BCUT2D eigenvalue weighted by molar-refractivity contribution is 0.235. The van der Waals surface area contributed by atoms with Crippen LogP contribution in [0.2, 0.25) is 18.1 Å². The molecule has 1 aromatic rings. The van der Waals surface area contributed by atoms with Crippen LogP contribution < -0.4 is 9.16 Å². The quantitative estimate of drug-likeness (QED) is 0.659. The molecule has 1 aromatic carbocycles. The van der Waals surface area contributed by atoms with Crippen LogP contribution in [-0.2, 0) is 0 Å². The maximum absolute atomic E-state index is 6.35. The summed E-state index contributed by atoms with van der Waals surface area (Å²) < 4.78 is 13.2. The van der Waals surface area contributed by atoms with E-state index in [1.807, 2.05) is 32.0 Å². The predicted molar refractivity (Wildman–Crippen MR) is 87.7 cm³/mol. The van der Waals surface area contributed by atoms with E-state index in [1.165, 1.54) is 0 Å². The number of rotatable bonds is 4. The average Bonchev–Trinajstić information content (AvgIpc) is 2.19. The van der Waals surface area contributed by atoms with Crippen LogP contribution in [0.4, 0.5) is 0 Å². The Morgan fingerprint density at radius 1 is 1.11 bits per heavy atom. The van der Waals surface area contributed by atoms with Gasteiger partial charge in [0.2, 0.25) is 0 Å². The Morgan fingerprint density at radius 3 is 2.16 bits per heavy atom. The number of benzene rings is 1. The van der Waals surface area contributed by atoms with Crippen molar-refractivity contribution in [2.24, 2.45) is 0 Å². The van der Waals surface area contributed by atoms with Crippen molar-refractivity contribution < 1.29 is 9.16 Å². The van der Waals surface area contributed by atoms with Crippen molar-refractivity contribution in [2.45, 2.75) is 58.9 Å². The van der Waals surface area contributed by atoms with Crippen molar-refractivity contribution in [2.75, 3.05) is 0 Å². The van der Waals surface area contributed by atoms with Crippen LogP contribution >= 0.6 is 15.9 Å². The highest BCUT2D eigenvalue weighted by molar-refractivity contribution is 9.10. The van der Waals surface area contributed by atoms with Gasteiger partial charge in [-0.1, -0.05) is 36.7 Å². The van der Waals surface area contributed by atoms with Crippen molar-refractivity contribution in [3.8, 4) is 11.5 Å². The molecule has 0 fully saturated rings. The minimum Gasteiger partial charge on any atom is -0.541 e. The monoisotopic (exact) mass is 344 g/mol. The van der Waals surface area contributed by atoms with Crippen LogP contribution in [0.25, 0.3) is 0 Å². The summed E-state index contributed by atoms with van der Waals surface area (Å²) in [5.74, 6) is 1.66. The molecule has 0 aliphatic rings. The molecule has 2 nitrogen and oxygen atoms in total. The van der Waals surface area contributed by atoms with Crippen molar-refractivity contribution >= 4 is 24.2 Å². The molecule has 19 heavy (non-hydrogen) atoms. The SMILES string of the molecule is CC(C)Oc1cc(Br)ccc1O[Si](C)(C)C(C)(C)C. The van der Waals surface area contributed by atoms with E-state index in [-0.39, 0.29) is 11.1 Å². The molecule has 0 atom stereocenters. The van der Waals surface area contributed by atoms with E-state index in [2.05, 4.69) is 49.8 Å². The van der Waals surface area contributed by atoms with Crippen molar-refractivity contribution in [3.63, 3.8) is 0 Å². The molecule has 0 bridgehead atoms. The van der Waals surface area contributed by atoms with Crippen LogP contribution in [0.15, 0.2) is 22.7 Å². The number of hydrogen-bond donors (Lipinski definition) is 0. The van der Waals surface area contributed by atoms with E-state index in [9.17, 15) is 0 Å². The molecule has 0 aliphatic heterocycles. The molecule has 0 heterocycles. The number of hydrogen-bond acceptors (Lipinski definition) is 2. The minimum atomic E-state index is -1.84. The third-order valence-corrected chi connectivity index (χ3v) is 8.28. The van der Waals surface area contributed by atoms with Crippen LogP contribution in [0.5, 0.6) is 11.5 Å². The molecule has 0 amide bonds. The molecule has 0 aromatic heterocycles. The van der Waals surface area contributed by atoms with Gasteiger partial charge in [-0.2, -0.15) is 0 Å². The Balaban J connectivity index is 3.07. The lowest BCUT2D eigenvalue weighted by Gasteiger charge is -2.37. The summed E-state index contributed by atoms with van der Waals surface area (Å²) >= 11 is 3.48. The van der Waals surface area contributed by atoms with Gasteiger partial charge in [0, 0.05) is 4.47 Å². The molecule has 108 valence electrons. The zero-order valence-electron chi connectivity index (χ0n) is 13.0. The lowest BCUT2D eigenvalue weighted by Crippen LogP contribution is -2.44. The standard InChI is InChI=1S/C15H25BrO2Si/c1-11(2)17-14-10-12(16)8-9-13(14)18-19(6,7)15(3,4)5/h8-11H,1-7H3. The van der Waals surface area contributed by atoms with Crippen molar-refractivity contribution in [1.29, 1.82) is 0 Å². The minimum absolute atomic E-state index is 0.135. The molecular formula is C15H25BrO2Si. The van der Waals surface area contributed by atoms with E-state index < -0.39 is 8.32 Å². The maximum Gasteiger partial charge on any atom is 0.250 e. The van der Waals surface area contributed by atoms with Crippen molar-refractivity contribution in [3.05, 3.63) is 22.7 Å². The fourth-order valence-electron chi connectivity index (χ4n) is 1.34. The fourth-order valence-corrected chi connectivity index (χ4v) is 2.70. The molecule has 0 spiro atoms. The molecular weight excluding hydrogens is 320 g/mol. The van der Waals surface area contributed by atoms with Crippen molar-refractivity contribution in [1.82, 2.24) is 0 Å². The molecule has 0 saturated heterocycles. The number of ether oxygens (including phenoxy) is 1. The summed E-state index contributed by atoms with van der Waals surface area (Å²) in [5, 5.41) is 0.176. The first-order chi connectivity index (χ1) is 8.53. The second kappa shape index (κ2) is 5.88. The summed E-state index contributed by atoms with van der Waals surface area (Å²) in [6, 6.07) is 5.96. The molecule has 0 radical (unpaired) electrons. The summed E-state index contributed by atoms with van der Waals surface area (Å²) in [5.41, 5.74) is 0. The Labute approximate surface area is 126 Å². The molecule has 0 saturated carbocycles. The van der Waals surface area contributed by atoms with Gasteiger partial charge < -0.3 is 9.16 Å². The molecule has 1 rings (SSSR count). The number of halogens is 1. The van der Waals surface area contributed by atoms with Gasteiger partial charge in [-0.25, -0.2) is 0 Å². The fraction of sp³-hybridized carbons (Fsp3) is 0.600. The summed E-state index contributed by atoms with van der Waals surface area (Å²) in [6.07, 6.45) is 0.135. The Bertz CT molecular complexity index is 436. The highest BCUT2D eigenvalue weighted by Crippen LogP contribution is 2.40. The van der Waals surface area contributed by atoms with Gasteiger partial charge in [0.15, 0.2) is 5.75 Å². The maximum atomic E-state index is 6.35. The van der Waals surface area contributed by atoms with Crippen LogP contribution in [-0.4, -0.2) is 14.4 Å². The van der Waals surface area contributed by atoms with Gasteiger partial charge in [0.25, 0.3) is 8.32 Å². The van der Waals surface area contributed by atoms with E-state index in [0.717, 1.165) is 16.0 Å². The zero-order valence-corrected chi connectivity index (χ0v) is 15.6. The second-order valence-electron chi connectivity index (χ2n) is 6.62. The van der Waals surface area contributed by atoms with E-state index in [1.54, 1.807) is 0 Å². The zero-order chi connectivity index (χ0) is 14.8. The topological polar surface area (TPSA) is 18.5 Å². The lowest BCUT2D eigenvalue weighted by atomic mass is 10.2. The van der Waals surface area contributed by atoms with Gasteiger partial charge in [-0.05, 0) is 50.2 Å². The van der Waals surface area contributed by atoms with Gasteiger partial charge in [0.05, 0.1) is 6.10 Å². The highest BCUT2D eigenvalue weighted by Gasteiger charge is 2.39. The molecule has 0 aliphatic carbocycles. The van der Waals surface area contributed by atoms with Gasteiger partial charge >= 0.3 is 0 Å². The van der Waals surface area contributed by atoms with E-state index >= 15 is 0 Å². The summed E-state index contributed by atoms with van der Waals surface area (Å²) in [6.45, 7) is 15.2. The Hall–Kier alpha value is -0.483. The molecule has 0 unspecified atom stereocenters. The Kier molecular flexibility index (Phi) is 5.13. The Morgan fingerprint density at radius 2 is 1.68 bits per heavy atom. The van der Waals surface area contributed by atoms with E-state index in [0.29, 0.717) is 0 Å². The first-order valence-electron chi connectivity index (χ1n) is 6.68. The largest absolute Gasteiger partial charge is 0.541 e. The second-order valence-corrected chi connectivity index (χ2v) is 12.3. The summed E-state index contributed by atoms with van der Waals surface area (Å²) in [7, 11) is -1.84. The first kappa shape index (κ1) is 16.6. The summed E-state index contributed by atoms with van der Waals surface area (Å²) in [4.78, 5) is 0. The normalized spacial score (nSPS) is 12.7. The average molecular weight is 345 g/mol. The van der Waals surface area contributed by atoms with Crippen LogP contribution in [0.1, 0.15) is 34.6 Å². The van der Waals surface area contributed by atoms with Crippen LogP contribution in [0, 0.1) is 0 Å². The van der Waals surface area contributed by atoms with E-state index in [4.69, 9.17) is 9.16 Å². The molecule has 0 N–H and O–H groups in total.